The smallest absolute Gasteiger partial charge is 0.340 e. The average Bonchev–Trinajstić information content (AvgIpc) is 2.29. The third-order valence-electron chi connectivity index (χ3n) is 2.28. The summed E-state index contributed by atoms with van der Waals surface area (Å²) in [5.41, 5.74) is 8.13. The largest absolute Gasteiger partial charge is 0.465 e. The molecule has 1 rings (SSSR count). The van der Waals surface area contributed by atoms with Crippen molar-refractivity contribution >= 4 is 28.9 Å². The van der Waals surface area contributed by atoms with Gasteiger partial charge in [0.05, 0.1) is 19.2 Å². The molecule has 5 heteroatoms. The van der Waals surface area contributed by atoms with Crippen LogP contribution in [0.4, 0.5) is 11.4 Å². The summed E-state index contributed by atoms with van der Waals surface area (Å²) in [7, 11) is 1.32. The standard InChI is InChI=1S/C12H15ClN2O2/c1-7-4-9(15-6-8(2)13)5-10(11(7)14)12(16)17-3/h4-5,15H,2,6,14H2,1,3H3. The second-order valence-corrected chi connectivity index (χ2v) is 4.15. The number of rotatable bonds is 4. The van der Waals surface area contributed by atoms with Crippen molar-refractivity contribution in [3.8, 4) is 0 Å². The molecule has 0 saturated heterocycles. The third kappa shape index (κ3) is 3.39. The van der Waals surface area contributed by atoms with E-state index in [4.69, 9.17) is 17.3 Å². The van der Waals surface area contributed by atoms with Crippen LogP contribution < -0.4 is 11.1 Å². The van der Waals surface area contributed by atoms with Crippen molar-refractivity contribution in [1.82, 2.24) is 0 Å². The van der Waals surface area contributed by atoms with Gasteiger partial charge >= 0.3 is 5.97 Å². The molecule has 4 nitrogen and oxygen atoms in total. The summed E-state index contributed by atoms with van der Waals surface area (Å²) in [5.74, 6) is -0.459. The van der Waals surface area contributed by atoms with Crippen molar-refractivity contribution in [2.75, 3.05) is 24.7 Å². The lowest BCUT2D eigenvalue weighted by molar-refractivity contribution is 0.0602. The molecule has 0 aliphatic carbocycles. The molecule has 0 saturated carbocycles. The molecule has 1 aromatic rings. The Hall–Kier alpha value is -1.68. The van der Waals surface area contributed by atoms with Gasteiger partial charge in [-0.3, -0.25) is 0 Å². The van der Waals surface area contributed by atoms with Gasteiger partial charge in [-0.1, -0.05) is 18.2 Å². The summed E-state index contributed by atoms with van der Waals surface area (Å²) in [6, 6.07) is 3.47. The SMILES string of the molecule is C=C(Cl)CNc1cc(C)c(N)c(C(=O)OC)c1. The minimum Gasteiger partial charge on any atom is -0.465 e. The molecule has 0 amide bonds. The maximum atomic E-state index is 11.5. The number of halogens is 1. The molecular formula is C12H15ClN2O2. The van der Waals surface area contributed by atoms with Crippen LogP contribution >= 0.6 is 11.6 Å². The van der Waals surface area contributed by atoms with Gasteiger partial charge in [0, 0.05) is 16.4 Å². The number of methoxy groups -OCH3 is 1. The molecule has 0 aromatic heterocycles. The Labute approximate surface area is 105 Å². The molecule has 3 N–H and O–H groups in total. The van der Waals surface area contributed by atoms with Crippen LogP contribution in [-0.4, -0.2) is 19.6 Å². The summed E-state index contributed by atoms with van der Waals surface area (Å²) < 4.78 is 4.66. The van der Waals surface area contributed by atoms with E-state index in [0.29, 0.717) is 22.8 Å². The second-order valence-electron chi connectivity index (χ2n) is 3.62. The van der Waals surface area contributed by atoms with E-state index in [0.717, 1.165) is 11.3 Å². The van der Waals surface area contributed by atoms with Crippen molar-refractivity contribution in [2.45, 2.75) is 6.92 Å². The summed E-state index contributed by atoms with van der Waals surface area (Å²) in [4.78, 5) is 11.5. The maximum Gasteiger partial charge on any atom is 0.340 e. The zero-order valence-electron chi connectivity index (χ0n) is 9.84. The Bertz CT molecular complexity index is 458. The zero-order valence-corrected chi connectivity index (χ0v) is 10.6. The number of carbonyl (C=O) groups is 1. The van der Waals surface area contributed by atoms with Crippen molar-refractivity contribution in [1.29, 1.82) is 0 Å². The second kappa shape index (κ2) is 5.59. The highest BCUT2D eigenvalue weighted by Crippen LogP contribution is 2.23. The summed E-state index contributed by atoms with van der Waals surface area (Å²) in [6.07, 6.45) is 0. The van der Waals surface area contributed by atoms with Gasteiger partial charge in [-0.2, -0.15) is 0 Å². The number of aryl methyl sites for hydroxylation is 1. The van der Waals surface area contributed by atoms with E-state index in [1.807, 2.05) is 13.0 Å². The summed E-state index contributed by atoms with van der Waals surface area (Å²) >= 11 is 5.66. The number of hydrogen-bond acceptors (Lipinski definition) is 4. The highest BCUT2D eigenvalue weighted by atomic mass is 35.5. The summed E-state index contributed by atoms with van der Waals surface area (Å²) in [6.45, 7) is 5.81. The molecule has 0 fully saturated rings. The fourth-order valence-corrected chi connectivity index (χ4v) is 1.44. The minimum atomic E-state index is -0.459. The van der Waals surface area contributed by atoms with Crippen LogP contribution in [0.1, 0.15) is 15.9 Å². The average molecular weight is 255 g/mol. The van der Waals surface area contributed by atoms with Crippen LogP contribution in [0.5, 0.6) is 0 Å². The number of carbonyl (C=O) groups excluding carboxylic acids is 1. The van der Waals surface area contributed by atoms with Crippen LogP contribution in [0.25, 0.3) is 0 Å². The Balaban J connectivity index is 3.05. The third-order valence-corrected chi connectivity index (χ3v) is 2.41. The van der Waals surface area contributed by atoms with E-state index in [1.54, 1.807) is 6.07 Å². The van der Waals surface area contributed by atoms with Crippen molar-refractivity contribution < 1.29 is 9.53 Å². The molecule has 0 radical (unpaired) electrons. The van der Waals surface area contributed by atoms with Gasteiger partial charge in [-0.25, -0.2) is 4.79 Å². The van der Waals surface area contributed by atoms with Crippen LogP contribution in [0.3, 0.4) is 0 Å². The first-order valence-corrected chi connectivity index (χ1v) is 5.39. The molecule has 0 aliphatic rings. The number of nitrogens with two attached hydrogens (primary N) is 1. The predicted molar refractivity (Wildman–Crippen MR) is 70.4 cm³/mol. The molecule has 0 unspecified atom stereocenters. The predicted octanol–water partition coefficient (Wildman–Crippen LogP) is 2.53. The number of anilines is 2. The van der Waals surface area contributed by atoms with Crippen molar-refractivity contribution in [3.05, 3.63) is 34.9 Å². The van der Waals surface area contributed by atoms with Gasteiger partial charge in [0.25, 0.3) is 0 Å². The molecule has 0 heterocycles. The first-order chi connectivity index (χ1) is 7.95. The quantitative estimate of drug-likeness (QED) is 0.640. The first-order valence-electron chi connectivity index (χ1n) is 5.01. The number of esters is 1. The number of nitrogens with one attached hydrogen (secondary N) is 1. The molecule has 0 bridgehead atoms. The summed E-state index contributed by atoms with van der Waals surface area (Å²) in [5, 5.41) is 3.52. The topological polar surface area (TPSA) is 64.3 Å². The van der Waals surface area contributed by atoms with Gasteiger partial charge in [-0.05, 0) is 24.6 Å². The van der Waals surface area contributed by atoms with Gasteiger partial charge in [0.1, 0.15) is 0 Å². The number of hydrogen-bond donors (Lipinski definition) is 2. The monoisotopic (exact) mass is 254 g/mol. The normalized spacial score (nSPS) is 9.82. The number of nitrogen functional groups attached to an aromatic ring is 1. The van der Waals surface area contributed by atoms with Crippen LogP contribution in [0.2, 0.25) is 0 Å². The highest BCUT2D eigenvalue weighted by molar-refractivity contribution is 6.29. The van der Waals surface area contributed by atoms with E-state index < -0.39 is 5.97 Å². The van der Waals surface area contributed by atoms with Crippen LogP contribution in [0.15, 0.2) is 23.7 Å². The zero-order chi connectivity index (χ0) is 13.0. The van der Waals surface area contributed by atoms with E-state index in [1.165, 1.54) is 7.11 Å². The van der Waals surface area contributed by atoms with Gasteiger partial charge in [0.2, 0.25) is 0 Å². The highest BCUT2D eigenvalue weighted by Gasteiger charge is 2.13. The molecule has 1 aromatic carbocycles. The molecular weight excluding hydrogens is 240 g/mol. The first kappa shape index (κ1) is 13.4. The number of ether oxygens (including phenoxy) is 1. The van der Waals surface area contributed by atoms with Crippen LogP contribution in [-0.2, 0) is 4.74 Å². The fourth-order valence-electron chi connectivity index (χ4n) is 1.38. The van der Waals surface area contributed by atoms with Gasteiger partial charge < -0.3 is 15.8 Å². The van der Waals surface area contributed by atoms with Crippen LogP contribution in [0, 0.1) is 6.92 Å². The molecule has 0 atom stereocenters. The molecule has 92 valence electrons. The Kier molecular flexibility index (Phi) is 4.40. The van der Waals surface area contributed by atoms with E-state index >= 15 is 0 Å². The van der Waals surface area contributed by atoms with E-state index in [9.17, 15) is 4.79 Å². The van der Waals surface area contributed by atoms with Gasteiger partial charge in [-0.15, -0.1) is 0 Å². The fraction of sp³-hybridized carbons (Fsp3) is 0.250. The molecule has 0 aliphatic heterocycles. The lowest BCUT2D eigenvalue weighted by atomic mass is 10.1. The molecule has 17 heavy (non-hydrogen) atoms. The molecule has 0 spiro atoms. The van der Waals surface area contributed by atoms with Crippen molar-refractivity contribution in [2.24, 2.45) is 0 Å². The van der Waals surface area contributed by atoms with E-state index in [2.05, 4.69) is 16.6 Å². The van der Waals surface area contributed by atoms with Gasteiger partial charge in [0.15, 0.2) is 0 Å². The van der Waals surface area contributed by atoms with Crippen molar-refractivity contribution in [3.63, 3.8) is 0 Å². The minimum absolute atomic E-state index is 0.343. The maximum absolute atomic E-state index is 11.5. The lowest BCUT2D eigenvalue weighted by Gasteiger charge is -2.11. The Morgan fingerprint density at radius 3 is 2.76 bits per heavy atom. The Morgan fingerprint density at radius 2 is 2.24 bits per heavy atom. The lowest BCUT2D eigenvalue weighted by Crippen LogP contribution is -2.09. The Morgan fingerprint density at radius 1 is 1.59 bits per heavy atom. The van der Waals surface area contributed by atoms with E-state index in [-0.39, 0.29) is 0 Å². The number of benzene rings is 1.